The topological polar surface area (TPSA) is 70.0 Å². The summed E-state index contributed by atoms with van der Waals surface area (Å²) in [5, 5.41) is 8.79. The van der Waals surface area contributed by atoms with Crippen molar-refractivity contribution in [3.05, 3.63) is 43.0 Å². The molecule has 0 saturated carbocycles. The van der Waals surface area contributed by atoms with E-state index >= 15 is 0 Å². The molecule has 20 heavy (non-hydrogen) atoms. The zero-order chi connectivity index (χ0) is 14.9. The molecule has 0 aliphatic carbocycles. The lowest BCUT2D eigenvalue weighted by Crippen LogP contribution is -2.13. The van der Waals surface area contributed by atoms with Crippen LogP contribution in [0.4, 0.5) is 5.69 Å². The van der Waals surface area contributed by atoms with Crippen molar-refractivity contribution in [3.63, 3.8) is 0 Å². The third-order valence-corrected chi connectivity index (χ3v) is 6.30. The number of halogens is 2. The minimum Gasteiger partial charge on any atom is -0.278 e. The fourth-order valence-corrected chi connectivity index (χ4v) is 5.67. The summed E-state index contributed by atoms with van der Waals surface area (Å²) in [7, 11) is -3.65. The molecule has 1 N–H and O–H groups in total. The summed E-state index contributed by atoms with van der Waals surface area (Å²) in [4.78, 5) is 0.944. The second-order valence-electron chi connectivity index (χ2n) is 3.88. The summed E-state index contributed by atoms with van der Waals surface area (Å²) >= 11 is 7.89. The van der Waals surface area contributed by atoms with Gasteiger partial charge in [0, 0.05) is 9.35 Å². The van der Waals surface area contributed by atoms with E-state index < -0.39 is 10.0 Å². The van der Waals surface area contributed by atoms with Crippen LogP contribution in [0.5, 0.6) is 0 Å². The van der Waals surface area contributed by atoms with E-state index in [1.165, 1.54) is 11.3 Å². The first kappa shape index (κ1) is 15.5. The molecular weight excluding hydrogens is 428 g/mol. The Labute approximate surface area is 137 Å². The van der Waals surface area contributed by atoms with E-state index in [9.17, 15) is 8.42 Å². The van der Waals surface area contributed by atoms with Crippen LogP contribution in [-0.4, -0.2) is 8.42 Å². The monoisotopic (exact) mass is 434 g/mol. The zero-order valence-electron chi connectivity index (χ0n) is 10.1. The number of anilines is 1. The molecule has 2 aromatic rings. The number of benzene rings is 1. The normalized spacial score (nSPS) is 11.1. The smallest absolute Gasteiger partial charge is 0.263 e. The van der Waals surface area contributed by atoms with E-state index in [-0.39, 0.29) is 4.90 Å². The van der Waals surface area contributed by atoms with Crippen LogP contribution in [0.1, 0.15) is 10.4 Å². The van der Waals surface area contributed by atoms with Gasteiger partial charge in [-0.3, -0.25) is 4.72 Å². The molecule has 8 heteroatoms. The predicted molar refractivity (Wildman–Crippen MR) is 86.4 cm³/mol. The molecule has 0 bridgehead atoms. The first-order valence-corrected chi connectivity index (χ1v) is 9.20. The van der Waals surface area contributed by atoms with Crippen LogP contribution in [0.3, 0.4) is 0 Å². The van der Waals surface area contributed by atoms with Crippen LogP contribution in [0.2, 0.25) is 0 Å². The Hall–Kier alpha value is -0.880. The van der Waals surface area contributed by atoms with E-state index in [2.05, 4.69) is 36.6 Å². The Morgan fingerprint density at radius 1 is 1.30 bits per heavy atom. The summed E-state index contributed by atoms with van der Waals surface area (Å²) in [6, 6.07) is 8.23. The van der Waals surface area contributed by atoms with Crippen LogP contribution >= 0.6 is 43.2 Å². The van der Waals surface area contributed by atoms with E-state index in [1.807, 2.05) is 6.07 Å². The van der Waals surface area contributed by atoms with Crippen molar-refractivity contribution in [1.29, 1.82) is 5.26 Å². The van der Waals surface area contributed by atoms with Gasteiger partial charge in [-0.05, 0) is 63.0 Å². The number of aryl methyl sites for hydroxylation is 1. The van der Waals surface area contributed by atoms with Crippen molar-refractivity contribution in [2.75, 3.05) is 4.72 Å². The van der Waals surface area contributed by atoms with Gasteiger partial charge in [-0.25, -0.2) is 8.42 Å². The summed E-state index contributed by atoms with van der Waals surface area (Å²) in [5.74, 6) is 0. The van der Waals surface area contributed by atoms with Crippen molar-refractivity contribution in [2.24, 2.45) is 0 Å². The van der Waals surface area contributed by atoms with E-state index in [0.717, 1.165) is 3.79 Å². The highest BCUT2D eigenvalue weighted by molar-refractivity contribution is 9.11. The number of nitriles is 1. The first-order chi connectivity index (χ1) is 9.33. The Morgan fingerprint density at radius 3 is 2.50 bits per heavy atom. The van der Waals surface area contributed by atoms with Gasteiger partial charge in [0.1, 0.15) is 4.90 Å². The molecule has 0 radical (unpaired) electrons. The number of nitrogens with one attached hydrogen (secondary N) is 1. The molecule has 0 spiro atoms. The molecule has 4 nitrogen and oxygen atoms in total. The number of thiophene rings is 1. The van der Waals surface area contributed by atoms with E-state index in [0.29, 0.717) is 20.6 Å². The maximum Gasteiger partial charge on any atom is 0.263 e. The molecule has 0 atom stereocenters. The number of hydrogen-bond acceptors (Lipinski definition) is 4. The molecule has 2 rings (SSSR count). The predicted octanol–water partition coefficient (Wildman–Crippen LogP) is 4.25. The van der Waals surface area contributed by atoms with Gasteiger partial charge < -0.3 is 0 Å². The van der Waals surface area contributed by atoms with Crippen LogP contribution in [0.25, 0.3) is 0 Å². The van der Waals surface area contributed by atoms with E-state index in [1.54, 1.807) is 31.2 Å². The zero-order valence-corrected chi connectivity index (χ0v) is 15.0. The highest BCUT2D eigenvalue weighted by Crippen LogP contribution is 2.32. The maximum atomic E-state index is 12.3. The molecule has 0 aliphatic heterocycles. The average molecular weight is 436 g/mol. The van der Waals surface area contributed by atoms with Crippen LogP contribution in [0, 0.1) is 18.3 Å². The lowest BCUT2D eigenvalue weighted by Gasteiger charge is -2.09. The first-order valence-electron chi connectivity index (χ1n) is 5.32. The van der Waals surface area contributed by atoms with Crippen molar-refractivity contribution in [2.45, 2.75) is 11.8 Å². The van der Waals surface area contributed by atoms with Crippen LogP contribution < -0.4 is 4.72 Å². The van der Waals surface area contributed by atoms with Gasteiger partial charge in [0.15, 0.2) is 0 Å². The number of rotatable bonds is 3. The number of hydrogen-bond donors (Lipinski definition) is 1. The van der Waals surface area contributed by atoms with Gasteiger partial charge in [0.05, 0.1) is 21.1 Å². The van der Waals surface area contributed by atoms with Gasteiger partial charge in [-0.1, -0.05) is 0 Å². The molecule has 1 heterocycles. The molecule has 1 aromatic carbocycles. The molecule has 0 fully saturated rings. The Bertz CT molecular complexity index is 807. The SMILES string of the molecule is Cc1sc(Br)cc1S(=O)(=O)Nc1ccc(C#N)cc1Br. The van der Waals surface area contributed by atoms with Gasteiger partial charge in [0.2, 0.25) is 0 Å². The molecule has 0 amide bonds. The summed E-state index contributed by atoms with van der Waals surface area (Å²) in [5.41, 5.74) is 0.847. The molecular formula is C12H8Br2N2O2S2. The minimum atomic E-state index is -3.65. The Balaban J connectivity index is 2.39. The molecule has 0 unspecified atom stereocenters. The minimum absolute atomic E-state index is 0.241. The summed E-state index contributed by atoms with van der Waals surface area (Å²) < 4.78 is 28.5. The number of nitrogens with zero attached hydrogens (tertiary/aromatic N) is 1. The number of sulfonamides is 1. The van der Waals surface area contributed by atoms with Gasteiger partial charge in [0.25, 0.3) is 10.0 Å². The van der Waals surface area contributed by atoms with Gasteiger partial charge in [-0.15, -0.1) is 11.3 Å². The van der Waals surface area contributed by atoms with Gasteiger partial charge >= 0.3 is 0 Å². The molecule has 1 aromatic heterocycles. The second kappa shape index (κ2) is 5.85. The Kier molecular flexibility index (Phi) is 4.54. The standard InChI is InChI=1S/C12H8Br2N2O2S2/c1-7-11(5-12(14)19-7)20(17,18)16-10-3-2-8(6-15)4-9(10)13/h2-5,16H,1H3. The third kappa shape index (κ3) is 3.23. The lowest BCUT2D eigenvalue weighted by molar-refractivity contribution is 0.601. The highest BCUT2D eigenvalue weighted by Gasteiger charge is 2.20. The molecule has 0 aliphatic rings. The van der Waals surface area contributed by atoms with Crippen molar-refractivity contribution < 1.29 is 8.42 Å². The maximum absolute atomic E-state index is 12.3. The summed E-state index contributed by atoms with van der Waals surface area (Å²) in [6.45, 7) is 1.75. The highest BCUT2D eigenvalue weighted by atomic mass is 79.9. The van der Waals surface area contributed by atoms with Crippen molar-refractivity contribution in [3.8, 4) is 6.07 Å². The fraction of sp³-hybridized carbons (Fsp3) is 0.0833. The molecule has 104 valence electrons. The fourth-order valence-electron chi connectivity index (χ4n) is 1.56. The second-order valence-corrected chi connectivity index (χ2v) is 9.02. The Morgan fingerprint density at radius 2 is 2.00 bits per heavy atom. The summed E-state index contributed by atoms with van der Waals surface area (Å²) in [6.07, 6.45) is 0. The van der Waals surface area contributed by atoms with E-state index in [4.69, 9.17) is 5.26 Å². The van der Waals surface area contributed by atoms with Crippen molar-refractivity contribution >= 4 is 58.9 Å². The third-order valence-electron chi connectivity index (χ3n) is 2.47. The van der Waals surface area contributed by atoms with Crippen molar-refractivity contribution in [1.82, 2.24) is 0 Å². The van der Waals surface area contributed by atoms with Crippen LogP contribution in [-0.2, 0) is 10.0 Å². The van der Waals surface area contributed by atoms with Crippen LogP contribution in [0.15, 0.2) is 37.4 Å². The lowest BCUT2D eigenvalue weighted by atomic mass is 10.2. The van der Waals surface area contributed by atoms with Gasteiger partial charge in [-0.2, -0.15) is 5.26 Å². The average Bonchev–Trinajstić information content (AvgIpc) is 2.71. The quantitative estimate of drug-likeness (QED) is 0.783. The largest absolute Gasteiger partial charge is 0.278 e. The molecule has 0 saturated heterocycles.